The summed E-state index contributed by atoms with van der Waals surface area (Å²) in [6, 6.07) is 0. The number of amides is 1. The Kier molecular flexibility index (Phi) is 2.26. The lowest BCUT2D eigenvalue weighted by molar-refractivity contribution is -0.128. The number of carbonyl (C=O) groups excluding carboxylic acids is 1. The lowest BCUT2D eigenvalue weighted by Crippen LogP contribution is -2.30. The molecular formula is C8H11NO. The maximum absolute atomic E-state index is 11.0. The van der Waals surface area contributed by atoms with Gasteiger partial charge >= 0.3 is 0 Å². The van der Waals surface area contributed by atoms with E-state index in [1.165, 1.54) is 0 Å². The standard InChI is InChI=1S/C8H11NO/c1-2-3-5-8(10)9-6-4-7-9/h2,4,6H,1,3,5,7H2. The second-order valence-corrected chi connectivity index (χ2v) is 2.26. The van der Waals surface area contributed by atoms with E-state index in [0.717, 1.165) is 13.0 Å². The highest BCUT2D eigenvalue weighted by atomic mass is 16.2. The Bertz CT molecular complexity index is 172. The van der Waals surface area contributed by atoms with Crippen LogP contribution in [0, 0.1) is 0 Å². The molecule has 0 saturated carbocycles. The first-order chi connectivity index (χ1) is 4.84. The van der Waals surface area contributed by atoms with Crippen LogP contribution in [-0.4, -0.2) is 17.4 Å². The van der Waals surface area contributed by atoms with Gasteiger partial charge in [0.2, 0.25) is 5.91 Å². The van der Waals surface area contributed by atoms with E-state index in [1.807, 2.05) is 12.3 Å². The zero-order valence-electron chi connectivity index (χ0n) is 5.92. The topological polar surface area (TPSA) is 20.3 Å². The van der Waals surface area contributed by atoms with Crippen molar-refractivity contribution in [3.05, 3.63) is 24.9 Å². The number of hydrogen-bond donors (Lipinski definition) is 0. The molecule has 10 heavy (non-hydrogen) atoms. The van der Waals surface area contributed by atoms with Crippen molar-refractivity contribution >= 4 is 5.91 Å². The predicted octanol–water partition coefficient (Wildman–Crippen LogP) is 1.31. The van der Waals surface area contributed by atoms with Crippen molar-refractivity contribution < 1.29 is 4.79 Å². The van der Waals surface area contributed by atoms with E-state index in [4.69, 9.17) is 0 Å². The summed E-state index contributed by atoms with van der Waals surface area (Å²) in [5.41, 5.74) is 0. The Balaban J connectivity index is 2.21. The van der Waals surface area contributed by atoms with Crippen LogP contribution in [0.5, 0.6) is 0 Å². The molecule has 1 aliphatic rings. The Labute approximate surface area is 60.8 Å². The monoisotopic (exact) mass is 137 g/mol. The van der Waals surface area contributed by atoms with Gasteiger partial charge in [-0.1, -0.05) is 6.08 Å². The van der Waals surface area contributed by atoms with Gasteiger partial charge in [-0.2, -0.15) is 0 Å². The van der Waals surface area contributed by atoms with Gasteiger partial charge < -0.3 is 4.90 Å². The molecule has 0 radical (unpaired) electrons. The first-order valence-electron chi connectivity index (χ1n) is 3.41. The first kappa shape index (κ1) is 7.06. The van der Waals surface area contributed by atoms with Crippen LogP contribution >= 0.6 is 0 Å². The average Bonchev–Trinajstić information content (AvgIpc) is 1.79. The van der Waals surface area contributed by atoms with Gasteiger partial charge in [-0.3, -0.25) is 4.79 Å². The van der Waals surface area contributed by atoms with Crippen LogP contribution in [0.3, 0.4) is 0 Å². The van der Waals surface area contributed by atoms with E-state index in [2.05, 4.69) is 6.58 Å². The summed E-state index contributed by atoms with van der Waals surface area (Å²) in [5.74, 6) is 0.197. The van der Waals surface area contributed by atoms with Gasteiger partial charge in [0.15, 0.2) is 0 Å². The number of rotatable bonds is 3. The predicted molar refractivity (Wildman–Crippen MR) is 40.3 cm³/mol. The van der Waals surface area contributed by atoms with Gasteiger partial charge in [-0.05, 0) is 12.5 Å². The van der Waals surface area contributed by atoms with Crippen LogP contribution in [0.4, 0.5) is 0 Å². The Hall–Kier alpha value is -1.05. The number of allylic oxidation sites excluding steroid dienone is 1. The van der Waals surface area contributed by atoms with E-state index in [0.29, 0.717) is 6.42 Å². The molecule has 54 valence electrons. The minimum Gasteiger partial charge on any atom is -0.315 e. The van der Waals surface area contributed by atoms with Gasteiger partial charge in [0.25, 0.3) is 0 Å². The molecule has 0 aromatic rings. The van der Waals surface area contributed by atoms with Crippen molar-refractivity contribution in [3.63, 3.8) is 0 Å². The molecule has 0 bridgehead atoms. The van der Waals surface area contributed by atoms with Crippen LogP contribution in [0.2, 0.25) is 0 Å². The average molecular weight is 137 g/mol. The molecule has 0 saturated heterocycles. The van der Waals surface area contributed by atoms with Crippen LogP contribution < -0.4 is 0 Å². The number of hydrogen-bond acceptors (Lipinski definition) is 1. The molecular weight excluding hydrogens is 126 g/mol. The molecule has 0 aromatic carbocycles. The molecule has 2 heteroatoms. The van der Waals surface area contributed by atoms with Crippen molar-refractivity contribution in [3.8, 4) is 0 Å². The van der Waals surface area contributed by atoms with Crippen molar-refractivity contribution in [2.45, 2.75) is 12.8 Å². The van der Waals surface area contributed by atoms with Crippen molar-refractivity contribution in [2.24, 2.45) is 0 Å². The summed E-state index contributed by atoms with van der Waals surface area (Å²) in [5, 5.41) is 0. The summed E-state index contributed by atoms with van der Waals surface area (Å²) in [6.45, 7) is 4.33. The van der Waals surface area contributed by atoms with Crippen LogP contribution in [0.25, 0.3) is 0 Å². The molecule has 0 unspecified atom stereocenters. The Morgan fingerprint density at radius 1 is 1.80 bits per heavy atom. The normalized spacial score (nSPS) is 14.6. The Morgan fingerprint density at radius 2 is 2.50 bits per heavy atom. The molecule has 1 aliphatic heterocycles. The number of nitrogens with zero attached hydrogens (tertiary/aromatic N) is 1. The maximum Gasteiger partial charge on any atom is 0.227 e. The minimum atomic E-state index is 0.197. The molecule has 1 heterocycles. The largest absolute Gasteiger partial charge is 0.315 e. The summed E-state index contributed by atoms with van der Waals surface area (Å²) < 4.78 is 0. The van der Waals surface area contributed by atoms with Gasteiger partial charge in [-0.25, -0.2) is 0 Å². The third-order valence-electron chi connectivity index (χ3n) is 1.47. The fraction of sp³-hybridized carbons (Fsp3) is 0.375. The van der Waals surface area contributed by atoms with E-state index in [-0.39, 0.29) is 5.91 Å². The fourth-order valence-electron chi connectivity index (χ4n) is 0.765. The molecule has 0 aliphatic carbocycles. The van der Waals surface area contributed by atoms with Gasteiger partial charge in [0, 0.05) is 19.2 Å². The van der Waals surface area contributed by atoms with Crippen molar-refractivity contribution in [1.82, 2.24) is 4.90 Å². The highest BCUT2D eigenvalue weighted by Gasteiger charge is 2.12. The van der Waals surface area contributed by atoms with E-state index in [1.54, 1.807) is 11.0 Å². The SMILES string of the molecule is C=CCCC(=O)N1C=CC1. The molecule has 0 atom stereocenters. The van der Waals surface area contributed by atoms with Crippen molar-refractivity contribution in [1.29, 1.82) is 0 Å². The molecule has 2 nitrogen and oxygen atoms in total. The summed E-state index contributed by atoms with van der Waals surface area (Å²) in [6.07, 6.45) is 6.91. The van der Waals surface area contributed by atoms with E-state index in [9.17, 15) is 4.79 Å². The fourth-order valence-corrected chi connectivity index (χ4v) is 0.765. The zero-order chi connectivity index (χ0) is 7.40. The second kappa shape index (κ2) is 3.20. The Morgan fingerprint density at radius 3 is 2.90 bits per heavy atom. The molecule has 1 rings (SSSR count). The quantitative estimate of drug-likeness (QED) is 0.537. The molecule has 0 fully saturated rings. The lowest BCUT2D eigenvalue weighted by Gasteiger charge is -2.22. The van der Waals surface area contributed by atoms with Crippen LogP contribution in [0.15, 0.2) is 24.9 Å². The lowest BCUT2D eigenvalue weighted by atomic mass is 10.2. The third kappa shape index (κ3) is 1.47. The third-order valence-corrected chi connectivity index (χ3v) is 1.47. The zero-order valence-corrected chi connectivity index (χ0v) is 5.92. The number of carbonyl (C=O) groups is 1. The molecule has 0 spiro atoms. The summed E-state index contributed by atoms with van der Waals surface area (Å²) >= 11 is 0. The maximum atomic E-state index is 11.0. The van der Waals surface area contributed by atoms with Crippen LogP contribution in [-0.2, 0) is 4.79 Å². The first-order valence-corrected chi connectivity index (χ1v) is 3.41. The van der Waals surface area contributed by atoms with Gasteiger partial charge in [0.1, 0.15) is 0 Å². The summed E-state index contributed by atoms with van der Waals surface area (Å²) in [7, 11) is 0. The van der Waals surface area contributed by atoms with Crippen molar-refractivity contribution in [2.75, 3.05) is 6.54 Å². The van der Waals surface area contributed by atoms with E-state index >= 15 is 0 Å². The summed E-state index contributed by atoms with van der Waals surface area (Å²) in [4.78, 5) is 12.7. The van der Waals surface area contributed by atoms with Gasteiger partial charge in [0.05, 0.1) is 0 Å². The molecule has 0 N–H and O–H groups in total. The van der Waals surface area contributed by atoms with Crippen LogP contribution in [0.1, 0.15) is 12.8 Å². The smallest absolute Gasteiger partial charge is 0.227 e. The highest BCUT2D eigenvalue weighted by Crippen LogP contribution is 2.05. The molecule has 0 aromatic heterocycles. The minimum absolute atomic E-state index is 0.197. The second-order valence-electron chi connectivity index (χ2n) is 2.26. The van der Waals surface area contributed by atoms with Gasteiger partial charge in [-0.15, -0.1) is 6.58 Å². The molecule has 1 amide bonds. The van der Waals surface area contributed by atoms with E-state index < -0.39 is 0 Å². The highest BCUT2D eigenvalue weighted by molar-refractivity contribution is 5.78.